The van der Waals surface area contributed by atoms with Crippen molar-refractivity contribution in [3.63, 3.8) is 0 Å². The molecule has 0 aliphatic heterocycles. The van der Waals surface area contributed by atoms with E-state index >= 15 is 0 Å². The predicted molar refractivity (Wildman–Crippen MR) is 103 cm³/mol. The van der Waals surface area contributed by atoms with E-state index in [9.17, 15) is 0 Å². The van der Waals surface area contributed by atoms with Gasteiger partial charge in [0, 0.05) is 10.9 Å². The lowest BCUT2D eigenvalue weighted by molar-refractivity contribution is 0.203. The zero-order valence-electron chi connectivity index (χ0n) is 14.8. The largest absolute Gasteiger partial charge is 0.493 e. The first-order valence-electron chi connectivity index (χ1n) is 9.79. The number of ether oxygens (including phenoxy) is 2. The third-order valence-electron chi connectivity index (χ3n) is 5.59. The fraction of sp³-hybridized carbons (Fsp3) is 0.714. The normalized spacial score (nSPS) is 20.0. The van der Waals surface area contributed by atoms with Gasteiger partial charge in [0.1, 0.15) is 11.5 Å². The Balaban J connectivity index is 1.51. The lowest BCUT2D eigenvalue weighted by atomic mass is 9.90. The van der Waals surface area contributed by atoms with Gasteiger partial charge in [-0.3, -0.25) is 0 Å². The van der Waals surface area contributed by atoms with Crippen molar-refractivity contribution in [1.29, 1.82) is 0 Å². The van der Waals surface area contributed by atoms with Gasteiger partial charge in [-0.1, -0.05) is 54.5 Å². The Morgan fingerprint density at radius 1 is 0.792 bits per heavy atom. The molecule has 0 N–H and O–H groups in total. The molecule has 0 unspecified atom stereocenters. The maximum absolute atomic E-state index is 6.13. The molecule has 134 valence electrons. The smallest absolute Gasteiger partial charge is 0.123 e. The molecule has 2 nitrogen and oxygen atoms in total. The van der Waals surface area contributed by atoms with E-state index in [2.05, 4.69) is 34.1 Å². The van der Waals surface area contributed by atoms with Crippen LogP contribution in [0, 0.1) is 11.8 Å². The molecule has 0 saturated heterocycles. The minimum absolute atomic E-state index is 0.740. The van der Waals surface area contributed by atoms with Crippen LogP contribution < -0.4 is 9.47 Å². The highest BCUT2D eigenvalue weighted by atomic mass is 79.9. The number of benzene rings is 1. The Bertz CT molecular complexity index is 491. The molecule has 1 aromatic carbocycles. The van der Waals surface area contributed by atoms with E-state index in [-0.39, 0.29) is 0 Å². The summed E-state index contributed by atoms with van der Waals surface area (Å²) >= 11 is 3.60. The van der Waals surface area contributed by atoms with E-state index in [1.165, 1.54) is 69.8 Å². The van der Waals surface area contributed by atoms with Gasteiger partial charge in [0.2, 0.25) is 0 Å². The topological polar surface area (TPSA) is 18.5 Å². The van der Waals surface area contributed by atoms with Gasteiger partial charge < -0.3 is 9.47 Å². The average molecular weight is 395 g/mol. The molecule has 3 heteroatoms. The lowest BCUT2D eigenvalue weighted by Crippen LogP contribution is -2.16. The highest BCUT2D eigenvalue weighted by Crippen LogP contribution is 2.30. The molecule has 2 aliphatic carbocycles. The highest BCUT2D eigenvalue weighted by Gasteiger charge is 2.16. The molecule has 2 aliphatic rings. The third-order valence-corrected chi connectivity index (χ3v) is 6.19. The van der Waals surface area contributed by atoms with Crippen molar-refractivity contribution in [2.45, 2.75) is 69.5 Å². The van der Waals surface area contributed by atoms with E-state index in [1.807, 2.05) is 0 Å². The monoisotopic (exact) mass is 394 g/mol. The number of hydrogen-bond acceptors (Lipinski definition) is 2. The fourth-order valence-electron chi connectivity index (χ4n) is 4.02. The molecule has 0 atom stereocenters. The predicted octanol–water partition coefficient (Wildman–Crippen LogP) is 6.50. The van der Waals surface area contributed by atoms with Crippen LogP contribution in [0.2, 0.25) is 0 Å². The molecule has 1 aromatic rings. The second-order valence-corrected chi connectivity index (χ2v) is 8.09. The van der Waals surface area contributed by atoms with Crippen LogP contribution in [-0.2, 0) is 5.33 Å². The molecular weight excluding hydrogens is 364 g/mol. The van der Waals surface area contributed by atoms with Crippen molar-refractivity contribution in [2.75, 3.05) is 13.2 Å². The SMILES string of the molecule is BrCc1cc(OCC2CCCCC2)ccc1OCC1CCCCC1. The maximum Gasteiger partial charge on any atom is 0.123 e. The number of rotatable bonds is 7. The van der Waals surface area contributed by atoms with Crippen LogP contribution in [0.25, 0.3) is 0 Å². The summed E-state index contributed by atoms with van der Waals surface area (Å²) in [6.45, 7) is 1.73. The summed E-state index contributed by atoms with van der Waals surface area (Å²) in [5.74, 6) is 3.49. The van der Waals surface area contributed by atoms with Crippen molar-refractivity contribution in [3.05, 3.63) is 23.8 Å². The van der Waals surface area contributed by atoms with Crippen LogP contribution in [0.15, 0.2) is 18.2 Å². The van der Waals surface area contributed by atoms with Gasteiger partial charge >= 0.3 is 0 Å². The number of halogens is 1. The molecule has 0 heterocycles. The first-order chi connectivity index (χ1) is 11.8. The van der Waals surface area contributed by atoms with Gasteiger partial charge in [-0.25, -0.2) is 0 Å². The summed E-state index contributed by atoms with van der Waals surface area (Å²) in [4.78, 5) is 0. The summed E-state index contributed by atoms with van der Waals surface area (Å²) in [5.41, 5.74) is 1.20. The van der Waals surface area contributed by atoms with Crippen LogP contribution in [0.5, 0.6) is 11.5 Å². The minimum atomic E-state index is 0.740. The lowest BCUT2D eigenvalue weighted by Gasteiger charge is -2.23. The van der Waals surface area contributed by atoms with Crippen molar-refractivity contribution in [1.82, 2.24) is 0 Å². The molecule has 3 rings (SSSR count). The molecule has 0 aromatic heterocycles. The first-order valence-corrected chi connectivity index (χ1v) is 10.9. The van der Waals surface area contributed by atoms with Gasteiger partial charge in [-0.15, -0.1) is 0 Å². The molecule has 2 fully saturated rings. The van der Waals surface area contributed by atoms with Gasteiger partial charge in [-0.05, 0) is 55.7 Å². The summed E-state index contributed by atoms with van der Waals surface area (Å²) in [5, 5.41) is 0.813. The molecule has 0 radical (unpaired) electrons. The molecule has 2 saturated carbocycles. The molecule has 0 bridgehead atoms. The Kier molecular flexibility index (Phi) is 7.31. The summed E-state index contributed by atoms with van der Waals surface area (Å²) in [6.07, 6.45) is 13.6. The van der Waals surface area contributed by atoms with Gasteiger partial charge in [0.05, 0.1) is 13.2 Å². The minimum Gasteiger partial charge on any atom is -0.493 e. The van der Waals surface area contributed by atoms with Crippen molar-refractivity contribution < 1.29 is 9.47 Å². The van der Waals surface area contributed by atoms with E-state index in [4.69, 9.17) is 9.47 Å². The highest BCUT2D eigenvalue weighted by molar-refractivity contribution is 9.08. The van der Waals surface area contributed by atoms with Crippen molar-refractivity contribution >= 4 is 15.9 Å². The third kappa shape index (κ3) is 5.40. The van der Waals surface area contributed by atoms with Crippen LogP contribution in [0.1, 0.15) is 69.8 Å². The van der Waals surface area contributed by atoms with Crippen LogP contribution in [0.4, 0.5) is 0 Å². The molecule has 0 amide bonds. The molecule has 24 heavy (non-hydrogen) atoms. The van der Waals surface area contributed by atoms with Gasteiger partial charge in [-0.2, -0.15) is 0 Å². The van der Waals surface area contributed by atoms with E-state index in [0.717, 1.165) is 41.9 Å². The van der Waals surface area contributed by atoms with E-state index in [0.29, 0.717) is 0 Å². The van der Waals surface area contributed by atoms with Crippen LogP contribution in [0.3, 0.4) is 0 Å². The number of alkyl halides is 1. The summed E-state index contributed by atoms with van der Waals surface area (Å²) in [7, 11) is 0. The Hall–Kier alpha value is -0.700. The van der Waals surface area contributed by atoms with E-state index < -0.39 is 0 Å². The van der Waals surface area contributed by atoms with Crippen molar-refractivity contribution in [2.24, 2.45) is 11.8 Å². The summed E-state index contributed by atoms with van der Waals surface area (Å²) in [6, 6.07) is 6.31. The Morgan fingerprint density at radius 3 is 1.96 bits per heavy atom. The second-order valence-electron chi connectivity index (χ2n) is 7.53. The summed E-state index contributed by atoms with van der Waals surface area (Å²) < 4.78 is 12.2. The van der Waals surface area contributed by atoms with Crippen LogP contribution in [-0.4, -0.2) is 13.2 Å². The maximum atomic E-state index is 6.13. The molecular formula is C21H31BrO2. The fourth-order valence-corrected chi connectivity index (χ4v) is 4.46. The zero-order valence-corrected chi connectivity index (χ0v) is 16.4. The quantitative estimate of drug-likeness (QED) is 0.491. The number of hydrogen-bond donors (Lipinski definition) is 0. The molecule has 0 spiro atoms. The van der Waals surface area contributed by atoms with E-state index in [1.54, 1.807) is 0 Å². The second kappa shape index (κ2) is 9.70. The average Bonchev–Trinajstić information content (AvgIpc) is 2.66. The first kappa shape index (κ1) is 18.1. The zero-order chi connectivity index (χ0) is 16.6. The van der Waals surface area contributed by atoms with Crippen LogP contribution >= 0.6 is 15.9 Å². The van der Waals surface area contributed by atoms with Gasteiger partial charge in [0.25, 0.3) is 0 Å². The van der Waals surface area contributed by atoms with Crippen molar-refractivity contribution in [3.8, 4) is 11.5 Å². The van der Waals surface area contributed by atoms with Gasteiger partial charge in [0.15, 0.2) is 0 Å². The Labute approximate surface area is 155 Å². The Morgan fingerprint density at radius 2 is 1.38 bits per heavy atom. The standard InChI is InChI=1S/C21H31BrO2/c22-14-19-13-20(23-15-17-7-3-1-4-8-17)11-12-21(19)24-16-18-9-5-2-6-10-18/h11-13,17-18H,1-10,14-16H2.